The van der Waals surface area contributed by atoms with E-state index in [9.17, 15) is 19.2 Å². The average Bonchev–Trinajstić information content (AvgIpc) is 3.42. The molecule has 42 heavy (non-hydrogen) atoms. The molecule has 16 nitrogen and oxygen atoms in total. The van der Waals surface area contributed by atoms with Gasteiger partial charge < -0.3 is 45.1 Å². The van der Waals surface area contributed by atoms with Gasteiger partial charge in [0.15, 0.2) is 6.23 Å². The van der Waals surface area contributed by atoms with Gasteiger partial charge in [-0.3, -0.25) is 14.3 Å². The standard InChI is InChI=1S/C26H38N6O10/c1-39-21-7-5-19(6-8-21)27-11-13-40-14-15-41-17-20-16-32(31-30-20)12-3-2-4-23(42-18-33)29-26(38)28-22(25(36)37)9-10-24(34)35/h5-8,16,18,22-23,27H,2-4,9-15,17H2,1H3,(H,34,35)(H,36,37)(H2,28,29,38)/t22-,23+/m0/s1. The Hall–Kier alpha value is -4.44. The molecule has 2 atom stereocenters. The number of carboxylic acids is 2. The molecule has 0 bridgehead atoms. The molecule has 0 spiro atoms. The first-order chi connectivity index (χ1) is 20.3. The summed E-state index contributed by atoms with van der Waals surface area (Å²) in [5.74, 6) is -1.76. The minimum atomic E-state index is -1.40. The van der Waals surface area contributed by atoms with E-state index in [4.69, 9.17) is 29.2 Å². The van der Waals surface area contributed by atoms with Gasteiger partial charge in [-0.15, -0.1) is 5.10 Å². The molecule has 0 fully saturated rings. The SMILES string of the molecule is COc1ccc(NCCOCCOCc2cn(CCCC[C@H](NC(=O)N[C@@H](CCC(=O)O)C(=O)O)OC=O)nn2)cc1. The summed E-state index contributed by atoms with van der Waals surface area (Å²) in [5, 5.41) is 33.8. The number of amides is 2. The number of carbonyl (C=O) groups excluding carboxylic acids is 2. The van der Waals surface area contributed by atoms with Crippen molar-refractivity contribution < 1.29 is 48.3 Å². The van der Waals surface area contributed by atoms with Gasteiger partial charge in [0.25, 0.3) is 6.47 Å². The molecule has 232 valence electrons. The Morgan fingerprint density at radius 1 is 1.02 bits per heavy atom. The number of carboxylic acid groups (broad SMARTS) is 2. The molecule has 2 rings (SSSR count). The predicted molar refractivity (Wildman–Crippen MR) is 147 cm³/mol. The monoisotopic (exact) mass is 594 g/mol. The summed E-state index contributed by atoms with van der Waals surface area (Å²) in [6.45, 7) is 3.01. The van der Waals surface area contributed by atoms with Crippen LogP contribution in [0.2, 0.25) is 0 Å². The first-order valence-corrected chi connectivity index (χ1v) is 13.3. The summed E-state index contributed by atoms with van der Waals surface area (Å²) in [6.07, 6.45) is 1.47. The Kier molecular flexibility index (Phi) is 15.8. The first-order valence-electron chi connectivity index (χ1n) is 13.3. The average molecular weight is 595 g/mol. The fraction of sp³-hybridized carbons (Fsp3) is 0.538. The van der Waals surface area contributed by atoms with Gasteiger partial charge in [-0.25, -0.2) is 9.59 Å². The summed E-state index contributed by atoms with van der Waals surface area (Å²) >= 11 is 0. The van der Waals surface area contributed by atoms with Crippen LogP contribution < -0.4 is 20.7 Å². The molecule has 0 aliphatic carbocycles. The van der Waals surface area contributed by atoms with Gasteiger partial charge >= 0.3 is 18.0 Å². The van der Waals surface area contributed by atoms with Crippen LogP contribution in [-0.4, -0.2) is 95.4 Å². The van der Waals surface area contributed by atoms with Crippen LogP contribution >= 0.6 is 0 Å². The summed E-state index contributed by atoms with van der Waals surface area (Å²) < 4.78 is 22.8. The largest absolute Gasteiger partial charge is 0.497 e. The third-order valence-corrected chi connectivity index (χ3v) is 5.74. The number of unbranched alkanes of at least 4 members (excludes halogenated alkanes) is 1. The number of anilines is 1. The fourth-order valence-corrected chi connectivity index (χ4v) is 3.60. The number of methoxy groups -OCH3 is 1. The Morgan fingerprint density at radius 3 is 2.48 bits per heavy atom. The summed E-state index contributed by atoms with van der Waals surface area (Å²) in [6, 6.07) is 5.33. The van der Waals surface area contributed by atoms with Crippen molar-refractivity contribution in [2.24, 2.45) is 0 Å². The molecule has 16 heteroatoms. The first kappa shape index (κ1) is 33.8. The molecule has 2 amide bonds. The van der Waals surface area contributed by atoms with Crippen LogP contribution in [0, 0.1) is 0 Å². The number of nitrogens with one attached hydrogen (secondary N) is 3. The van der Waals surface area contributed by atoms with Crippen LogP contribution in [0.3, 0.4) is 0 Å². The number of nitrogens with zero attached hydrogens (tertiary/aromatic N) is 3. The molecule has 0 saturated carbocycles. The van der Waals surface area contributed by atoms with Crippen LogP contribution in [0.4, 0.5) is 10.5 Å². The van der Waals surface area contributed by atoms with Gasteiger partial charge in [0.05, 0.1) is 39.7 Å². The summed E-state index contributed by atoms with van der Waals surface area (Å²) in [4.78, 5) is 44.8. The highest BCUT2D eigenvalue weighted by atomic mass is 16.5. The number of hydrogen-bond acceptors (Lipinski definition) is 11. The fourth-order valence-electron chi connectivity index (χ4n) is 3.60. The molecule has 5 N–H and O–H groups in total. The highest BCUT2D eigenvalue weighted by molar-refractivity contribution is 5.83. The molecule has 1 aromatic heterocycles. The number of ether oxygens (including phenoxy) is 4. The third-order valence-electron chi connectivity index (χ3n) is 5.74. The highest BCUT2D eigenvalue weighted by Crippen LogP contribution is 2.14. The van der Waals surface area contributed by atoms with E-state index in [0.29, 0.717) is 51.4 Å². The second kappa shape index (κ2) is 19.6. The van der Waals surface area contributed by atoms with Crippen molar-refractivity contribution in [2.45, 2.75) is 57.5 Å². The van der Waals surface area contributed by atoms with Crippen molar-refractivity contribution in [3.8, 4) is 5.75 Å². The van der Waals surface area contributed by atoms with Gasteiger partial charge in [0, 0.05) is 31.6 Å². The Labute approximate surface area is 242 Å². The van der Waals surface area contributed by atoms with E-state index in [0.717, 1.165) is 11.4 Å². The zero-order valence-electron chi connectivity index (χ0n) is 23.4. The van der Waals surface area contributed by atoms with Crippen molar-refractivity contribution in [2.75, 3.05) is 38.8 Å². The Morgan fingerprint density at radius 2 is 1.79 bits per heavy atom. The van der Waals surface area contributed by atoms with Gasteiger partial charge in [0.1, 0.15) is 17.5 Å². The van der Waals surface area contributed by atoms with E-state index in [2.05, 4.69) is 26.3 Å². The lowest BCUT2D eigenvalue weighted by Gasteiger charge is -2.19. The number of aromatic nitrogens is 3. The van der Waals surface area contributed by atoms with Crippen molar-refractivity contribution in [3.05, 3.63) is 36.2 Å². The highest BCUT2D eigenvalue weighted by Gasteiger charge is 2.22. The van der Waals surface area contributed by atoms with Gasteiger partial charge in [-0.05, 0) is 43.5 Å². The molecule has 0 aliphatic rings. The third kappa shape index (κ3) is 14.3. The maximum Gasteiger partial charge on any atom is 0.326 e. The summed E-state index contributed by atoms with van der Waals surface area (Å²) in [7, 11) is 1.62. The topological polar surface area (TPSA) is 212 Å². The van der Waals surface area contributed by atoms with Crippen LogP contribution in [0.15, 0.2) is 30.5 Å². The van der Waals surface area contributed by atoms with Crippen LogP contribution in [-0.2, 0) is 41.7 Å². The zero-order valence-corrected chi connectivity index (χ0v) is 23.4. The molecule has 1 aromatic carbocycles. The molecule has 1 heterocycles. The van der Waals surface area contributed by atoms with Crippen molar-refractivity contribution in [1.82, 2.24) is 25.6 Å². The number of aliphatic carboxylic acids is 2. The van der Waals surface area contributed by atoms with Crippen molar-refractivity contribution in [3.63, 3.8) is 0 Å². The van der Waals surface area contributed by atoms with Crippen LogP contribution in [0.5, 0.6) is 5.75 Å². The molecule has 0 saturated heterocycles. The van der Waals surface area contributed by atoms with Crippen LogP contribution in [0.1, 0.15) is 37.8 Å². The van der Waals surface area contributed by atoms with Crippen molar-refractivity contribution in [1.29, 1.82) is 0 Å². The smallest absolute Gasteiger partial charge is 0.326 e. The lowest BCUT2D eigenvalue weighted by molar-refractivity contribution is -0.141. The quantitative estimate of drug-likeness (QED) is 0.0696. The molecular weight excluding hydrogens is 556 g/mol. The molecule has 2 aromatic rings. The second-order valence-electron chi connectivity index (χ2n) is 8.95. The van der Waals surface area contributed by atoms with Crippen LogP contribution in [0.25, 0.3) is 0 Å². The van der Waals surface area contributed by atoms with Gasteiger partial charge in [-0.1, -0.05) is 5.21 Å². The second-order valence-corrected chi connectivity index (χ2v) is 8.95. The Bertz CT molecular complexity index is 1100. The van der Waals surface area contributed by atoms with E-state index in [-0.39, 0.29) is 25.9 Å². The number of rotatable bonds is 23. The number of urea groups is 1. The van der Waals surface area contributed by atoms with Gasteiger partial charge in [-0.2, -0.15) is 0 Å². The van der Waals surface area contributed by atoms with E-state index >= 15 is 0 Å². The number of carbonyl (C=O) groups is 4. The van der Waals surface area contributed by atoms with Gasteiger partial charge in [0.2, 0.25) is 0 Å². The summed E-state index contributed by atoms with van der Waals surface area (Å²) in [5.41, 5.74) is 1.64. The van der Waals surface area contributed by atoms with E-state index < -0.39 is 36.7 Å². The molecular formula is C26H38N6O10. The maximum atomic E-state index is 12.1. The number of benzene rings is 1. The molecule has 0 unspecified atom stereocenters. The maximum absolute atomic E-state index is 12.1. The molecule has 0 aliphatic heterocycles. The minimum Gasteiger partial charge on any atom is -0.497 e. The zero-order chi connectivity index (χ0) is 30.6. The van der Waals surface area contributed by atoms with E-state index in [1.54, 1.807) is 18.0 Å². The number of aryl methyl sites for hydroxylation is 1. The predicted octanol–water partition coefficient (Wildman–Crippen LogP) is 1.22. The minimum absolute atomic E-state index is 0.179. The normalized spacial score (nSPS) is 12.1. The Balaban J connectivity index is 1.57. The molecule has 0 radical (unpaired) electrons. The van der Waals surface area contributed by atoms with Crippen molar-refractivity contribution >= 4 is 30.1 Å². The lowest BCUT2D eigenvalue weighted by atomic mass is 10.1. The lowest BCUT2D eigenvalue weighted by Crippen LogP contribution is -2.49. The number of hydrogen-bond donors (Lipinski definition) is 5. The van der Waals surface area contributed by atoms with E-state index in [1.807, 2.05) is 24.3 Å². The van der Waals surface area contributed by atoms with E-state index in [1.165, 1.54) is 0 Å².